The largest absolute Gasteiger partial charge is 0.271 e. The highest BCUT2D eigenvalue weighted by atomic mass is 15.3. The maximum absolute atomic E-state index is 5.67. The van der Waals surface area contributed by atoms with Crippen molar-refractivity contribution in [1.29, 1.82) is 0 Å². The van der Waals surface area contributed by atoms with Crippen LogP contribution in [0.1, 0.15) is 45.5 Å². The molecule has 2 atom stereocenters. The van der Waals surface area contributed by atoms with Crippen molar-refractivity contribution < 1.29 is 0 Å². The lowest BCUT2D eigenvalue weighted by Crippen LogP contribution is -2.43. The zero-order valence-electron chi connectivity index (χ0n) is 10.9. The van der Waals surface area contributed by atoms with Crippen molar-refractivity contribution in [3.8, 4) is 0 Å². The molecule has 1 aromatic rings. The van der Waals surface area contributed by atoms with Gasteiger partial charge in [0, 0.05) is 18.5 Å². The van der Waals surface area contributed by atoms with Gasteiger partial charge in [0.1, 0.15) is 12.2 Å². The van der Waals surface area contributed by atoms with E-state index in [4.69, 9.17) is 5.84 Å². The van der Waals surface area contributed by atoms with Gasteiger partial charge in [-0.1, -0.05) is 6.92 Å². The maximum Gasteiger partial charge on any atom is 0.138 e. The molecule has 5 heteroatoms. The molecular formula is C12H23N5. The molecule has 0 radical (unpaired) electrons. The van der Waals surface area contributed by atoms with Crippen molar-refractivity contribution in [2.24, 2.45) is 17.7 Å². The first kappa shape index (κ1) is 12.5. The second-order valence-corrected chi connectivity index (χ2v) is 5.39. The monoisotopic (exact) mass is 237 g/mol. The highest BCUT2D eigenvalue weighted by molar-refractivity contribution is 4.95. The summed E-state index contributed by atoms with van der Waals surface area (Å²) in [6.07, 6.45) is 5.17. The molecule has 3 N–H and O–H groups in total. The van der Waals surface area contributed by atoms with Gasteiger partial charge in [0.15, 0.2) is 0 Å². The van der Waals surface area contributed by atoms with Crippen LogP contribution in [0.15, 0.2) is 6.33 Å². The summed E-state index contributed by atoms with van der Waals surface area (Å²) in [4.78, 5) is 4.34. The SMILES string of the molecule is CC(C1CC1)C(Cc1ncnn1C(C)C)NN. The molecule has 1 aliphatic carbocycles. The van der Waals surface area contributed by atoms with Gasteiger partial charge in [0.05, 0.1) is 0 Å². The van der Waals surface area contributed by atoms with Crippen molar-refractivity contribution in [3.63, 3.8) is 0 Å². The quantitative estimate of drug-likeness (QED) is 0.577. The average molecular weight is 237 g/mol. The summed E-state index contributed by atoms with van der Waals surface area (Å²) >= 11 is 0. The number of hydrazine groups is 1. The Morgan fingerprint density at radius 3 is 2.71 bits per heavy atom. The molecule has 1 fully saturated rings. The van der Waals surface area contributed by atoms with Crippen LogP contribution in [0.5, 0.6) is 0 Å². The minimum Gasteiger partial charge on any atom is -0.271 e. The molecule has 0 amide bonds. The lowest BCUT2D eigenvalue weighted by Gasteiger charge is -2.23. The number of nitrogens with two attached hydrogens (primary N) is 1. The fourth-order valence-electron chi connectivity index (χ4n) is 2.40. The summed E-state index contributed by atoms with van der Waals surface area (Å²) < 4.78 is 1.98. The van der Waals surface area contributed by atoms with E-state index in [2.05, 4.69) is 36.3 Å². The number of rotatable bonds is 6. The van der Waals surface area contributed by atoms with Gasteiger partial charge in [0.25, 0.3) is 0 Å². The van der Waals surface area contributed by atoms with Gasteiger partial charge in [-0.3, -0.25) is 11.3 Å². The summed E-state index contributed by atoms with van der Waals surface area (Å²) in [5.74, 6) is 8.15. The number of aromatic nitrogens is 3. The van der Waals surface area contributed by atoms with E-state index < -0.39 is 0 Å². The predicted octanol–water partition coefficient (Wildman–Crippen LogP) is 1.28. The molecule has 1 heterocycles. The molecule has 2 rings (SSSR count). The first-order valence-corrected chi connectivity index (χ1v) is 6.48. The first-order valence-electron chi connectivity index (χ1n) is 6.48. The Kier molecular flexibility index (Phi) is 3.79. The lowest BCUT2D eigenvalue weighted by atomic mass is 9.94. The average Bonchev–Trinajstić information content (AvgIpc) is 3.04. The standard InChI is InChI=1S/C12H23N5/c1-8(2)17-12(14-7-15-17)6-11(16-13)9(3)10-4-5-10/h7-11,16H,4-6,13H2,1-3H3. The Bertz CT molecular complexity index is 356. The number of hydrogen-bond donors (Lipinski definition) is 2. The van der Waals surface area contributed by atoms with E-state index in [1.165, 1.54) is 12.8 Å². The molecule has 2 unspecified atom stereocenters. The van der Waals surface area contributed by atoms with E-state index in [-0.39, 0.29) is 0 Å². The van der Waals surface area contributed by atoms with Crippen LogP contribution in [-0.2, 0) is 6.42 Å². The van der Waals surface area contributed by atoms with Crippen LogP contribution in [0.3, 0.4) is 0 Å². The van der Waals surface area contributed by atoms with Crippen LogP contribution in [0.2, 0.25) is 0 Å². The topological polar surface area (TPSA) is 68.8 Å². The fourth-order valence-corrected chi connectivity index (χ4v) is 2.40. The predicted molar refractivity (Wildman–Crippen MR) is 67.1 cm³/mol. The third kappa shape index (κ3) is 2.84. The van der Waals surface area contributed by atoms with E-state index in [1.54, 1.807) is 6.33 Å². The fraction of sp³-hybridized carbons (Fsp3) is 0.833. The molecule has 0 spiro atoms. The van der Waals surface area contributed by atoms with Gasteiger partial charge in [-0.15, -0.1) is 0 Å². The molecular weight excluding hydrogens is 214 g/mol. The molecule has 0 saturated heterocycles. The Hall–Kier alpha value is -0.940. The summed E-state index contributed by atoms with van der Waals surface area (Å²) in [5.41, 5.74) is 2.95. The molecule has 0 aliphatic heterocycles. The summed E-state index contributed by atoms with van der Waals surface area (Å²) in [6.45, 7) is 6.51. The van der Waals surface area contributed by atoms with Crippen molar-refractivity contribution in [2.45, 2.75) is 52.1 Å². The van der Waals surface area contributed by atoms with Crippen LogP contribution in [-0.4, -0.2) is 20.8 Å². The molecule has 96 valence electrons. The second-order valence-electron chi connectivity index (χ2n) is 5.39. The third-order valence-corrected chi connectivity index (χ3v) is 3.75. The minimum absolute atomic E-state index is 0.296. The second kappa shape index (κ2) is 5.14. The number of nitrogens with zero attached hydrogens (tertiary/aromatic N) is 3. The molecule has 5 nitrogen and oxygen atoms in total. The Morgan fingerprint density at radius 2 is 2.18 bits per heavy atom. The Balaban J connectivity index is 2.04. The van der Waals surface area contributed by atoms with Crippen LogP contribution in [0.4, 0.5) is 0 Å². The van der Waals surface area contributed by atoms with Crippen LogP contribution in [0.25, 0.3) is 0 Å². The maximum atomic E-state index is 5.67. The molecule has 0 bridgehead atoms. The van der Waals surface area contributed by atoms with E-state index in [9.17, 15) is 0 Å². The van der Waals surface area contributed by atoms with Gasteiger partial charge in [-0.2, -0.15) is 5.10 Å². The van der Waals surface area contributed by atoms with E-state index in [0.717, 1.165) is 18.2 Å². The van der Waals surface area contributed by atoms with Gasteiger partial charge in [0.2, 0.25) is 0 Å². The van der Waals surface area contributed by atoms with Gasteiger partial charge in [-0.25, -0.2) is 9.67 Å². The van der Waals surface area contributed by atoms with Gasteiger partial charge in [-0.05, 0) is 38.5 Å². The van der Waals surface area contributed by atoms with Gasteiger partial charge >= 0.3 is 0 Å². The van der Waals surface area contributed by atoms with E-state index in [0.29, 0.717) is 18.0 Å². The van der Waals surface area contributed by atoms with E-state index in [1.807, 2.05) is 4.68 Å². The molecule has 0 aromatic carbocycles. The van der Waals surface area contributed by atoms with Crippen molar-refractivity contribution in [3.05, 3.63) is 12.2 Å². The van der Waals surface area contributed by atoms with E-state index >= 15 is 0 Å². The Labute approximate surface area is 103 Å². The molecule has 17 heavy (non-hydrogen) atoms. The first-order chi connectivity index (χ1) is 8.13. The summed E-state index contributed by atoms with van der Waals surface area (Å²) in [7, 11) is 0. The lowest BCUT2D eigenvalue weighted by molar-refractivity contribution is 0.331. The normalized spacial score (nSPS) is 19.6. The minimum atomic E-state index is 0.296. The van der Waals surface area contributed by atoms with Gasteiger partial charge < -0.3 is 0 Å². The number of hydrogen-bond acceptors (Lipinski definition) is 4. The highest BCUT2D eigenvalue weighted by Crippen LogP contribution is 2.38. The summed E-state index contributed by atoms with van der Waals surface area (Å²) in [5, 5.41) is 4.26. The zero-order valence-corrected chi connectivity index (χ0v) is 10.9. The highest BCUT2D eigenvalue weighted by Gasteiger charge is 2.33. The molecule has 1 saturated carbocycles. The number of nitrogens with one attached hydrogen (secondary N) is 1. The third-order valence-electron chi connectivity index (χ3n) is 3.75. The van der Waals surface area contributed by atoms with Crippen LogP contribution < -0.4 is 11.3 Å². The van der Waals surface area contributed by atoms with Crippen LogP contribution in [0, 0.1) is 11.8 Å². The van der Waals surface area contributed by atoms with Crippen LogP contribution >= 0.6 is 0 Å². The smallest absolute Gasteiger partial charge is 0.138 e. The zero-order chi connectivity index (χ0) is 12.4. The molecule has 1 aromatic heterocycles. The van der Waals surface area contributed by atoms with Crippen molar-refractivity contribution in [2.75, 3.05) is 0 Å². The Morgan fingerprint density at radius 1 is 1.47 bits per heavy atom. The van der Waals surface area contributed by atoms with Crippen molar-refractivity contribution in [1.82, 2.24) is 20.2 Å². The summed E-state index contributed by atoms with van der Waals surface area (Å²) in [6, 6.07) is 0.645. The molecule has 1 aliphatic rings. The van der Waals surface area contributed by atoms with Crippen molar-refractivity contribution >= 4 is 0 Å².